The average molecular weight is 285 g/mol. The lowest BCUT2D eigenvalue weighted by Gasteiger charge is -2.08. The molecule has 21 heavy (non-hydrogen) atoms. The van der Waals surface area contributed by atoms with Gasteiger partial charge >= 0.3 is 5.97 Å². The number of pyridine rings is 1. The third kappa shape index (κ3) is 3.60. The molecule has 0 aliphatic heterocycles. The fourth-order valence-corrected chi connectivity index (χ4v) is 2.17. The van der Waals surface area contributed by atoms with E-state index in [4.69, 9.17) is 4.74 Å². The summed E-state index contributed by atoms with van der Waals surface area (Å²) < 4.78 is 5.41. The molecule has 0 radical (unpaired) electrons. The molecule has 1 aromatic carbocycles. The summed E-state index contributed by atoms with van der Waals surface area (Å²) in [4.78, 5) is 15.7. The average Bonchev–Trinajstić information content (AvgIpc) is 2.48. The first-order chi connectivity index (χ1) is 10.2. The first kappa shape index (κ1) is 15.0. The molecule has 0 aliphatic rings. The monoisotopic (exact) mass is 285 g/mol. The van der Waals surface area contributed by atoms with Gasteiger partial charge in [-0.15, -0.1) is 0 Å². The van der Waals surface area contributed by atoms with Crippen LogP contribution >= 0.6 is 0 Å². The van der Waals surface area contributed by atoms with Crippen LogP contribution in [0.25, 0.3) is 11.3 Å². The van der Waals surface area contributed by atoms with E-state index in [0.717, 1.165) is 23.4 Å². The Morgan fingerprint density at radius 1 is 1.14 bits per heavy atom. The zero-order valence-electron chi connectivity index (χ0n) is 12.3. The molecule has 0 saturated carbocycles. The molecule has 0 fully saturated rings. The lowest BCUT2D eigenvalue weighted by Crippen LogP contribution is -2.05. The topological polar surface area (TPSA) is 59.4 Å². The molecule has 2 aromatic rings. The van der Waals surface area contributed by atoms with Crippen LogP contribution in [-0.4, -0.2) is 22.7 Å². The number of aromatic carboxylic acids is 1. The maximum atomic E-state index is 11.2. The highest BCUT2D eigenvalue weighted by atomic mass is 16.5. The van der Waals surface area contributed by atoms with Crippen LogP contribution in [0.5, 0.6) is 5.75 Å². The molecule has 1 heterocycles. The number of aryl methyl sites for hydroxylation is 1. The molecule has 4 heteroatoms. The fraction of sp³-hybridized carbons (Fsp3) is 0.294. The maximum Gasteiger partial charge on any atom is 0.337 e. The van der Waals surface area contributed by atoms with Gasteiger partial charge in [0.2, 0.25) is 0 Å². The summed E-state index contributed by atoms with van der Waals surface area (Å²) in [5.74, 6) is -0.110. The third-order valence-electron chi connectivity index (χ3n) is 3.15. The Balaban J connectivity index is 2.35. The van der Waals surface area contributed by atoms with Gasteiger partial charge in [0.25, 0.3) is 0 Å². The van der Waals surface area contributed by atoms with Gasteiger partial charge in [-0.25, -0.2) is 4.79 Å². The Morgan fingerprint density at radius 2 is 1.86 bits per heavy atom. The molecule has 1 aromatic heterocycles. The van der Waals surface area contributed by atoms with E-state index < -0.39 is 5.97 Å². The van der Waals surface area contributed by atoms with E-state index >= 15 is 0 Å². The standard InChI is InChI=1S/C17H19NO3/c1-3-5-16-14(17(19)20)10-11-15(18-16)12-6-8-13(9-7-12)21-4-2/h6-11H,3-5H2,1-2H3,(H,19,20). The van der Waals surface area contributed by atoms with Gasteiger partial charge in [0.05, 0.1) is 23.6 Å². The fourth-order valence-electron chi connectivity index (χ4n) is 2.17. The van der Waals surface area contributed by atoms with Crippen molar-refractivity contribution in [2.24, 2.45) is 0 Å². The second-order valence-corrected chi connectivity index (χ2v) is 4.70. The Morgan fingerprint density at radius 3 is 2.43 bits per heavy atom. The summed E-state index contributed by atoms with van der Waals surface area (Å²) in [6, 6.07) is 11.0. The van der Waals surface area contributed by atoms with Crippen LogP contribution < -0.4 is 4.74 Å². The Labute approximate surface area is 124 Å². The van der Waals surface area contributed by atoms with Crippen molar-refractivity contribution >= 4 is 5.97 Å². The lowest BCUT2D eigenvalue weighted by atomic mass is 10.1. The largest absolute Gasteiger partial charge is 0.494 e. The van der Waals surface area contributed by atoms with Gasteiger partial charge in [0.15, 0.2) is 0 Å². The molecule has 0 unspecified atom stereocenters. The predicted octanol–water partition coefficient (Wildman–Crippen LogP) is 3.80. The van der Waals surface area contributed by atoms with Crippen molar-refractivity contribution in [3.63, 3.8) is 0 Å². The summed E-state index contributed by atoms with van der Waals surface area (Å²) >= 11 is 0. The van der Waals surface area contributed by atoms with Crippen LogP contribution in [0, 0.1) is 0 Å². The van der Waals surface area contributed by atoms with Gasteiger partial charge in [-0.3, -0.25) is 4.98 Å². The lowest BCUT2D eigenvalue weighted by molar-refractivity contribution is 0.0695. The summed E-state index contributed by atoms with van der Waals surface area (Å²) in [6.07, 6.45) is 1.52. The molecule has 0 aliphatic carbocycles. The van der Waals surface area contributed by atoms with Gasteiger partial charge in [-0.1, -0.05) is 13.3 Å². The van der Waals surface area contributed by atoms with Crippen LogP contribution in [0.4, 0.5) is 0 Å². The van der Waals surface area contributed by atoms with Crippen molar-refractivity contribution in [1.29, 1.82) is 0 Å². The van der Waals surface area contributed by atoms with Gasteiger partial charge in [-0.2, -0.15) is 0 Å². The Hall–Kier alpha value is -2.36. The van der Waals surface area contributed by atoms with Gasteiger partial charge in [-0.05, 0) is 49.7 Å². The predicted molar refractivity (Wildman–Crippen MR) is 81.8 cm³/mol. The second kappa shape index (κ2) is 6.88. The van der Waals surface area contributed by atoms with Crippen molar-refractivity contribution < 1.29 is 14.6 Å². The number of hydrogen-bond acceptors (Lipinski definition) is 3. The molecule has 0 spiro atoms. The van der Waals surface area contributed by atoms with E-state index in [1.54, 1.807) is 12.1 Å². The number of rotatable bonds is 6. The van der Waals surface area contributed by atoms with E-state index in [1.807, 2.05) is 38.1 Å². The minimum atomic E-state index is -0.927. The molecule has 0 amide bonds. The molecule has 4 nitrogen and oxygen atoms in total. The molecule has 0 atom stereocenters. The number of benzene rings is 1. The number of ether oxygens (including phenoxy) is 1. The van der Waals surface area contributed by atoms with Crippen LogP contribution in [0.15, 0.2) is 36.4 Å². The van der Waals surface area contributed by atoms with Crippen LogP contribution in [0.1, 0.15) is 36.3 Å². The molecule has 0 saturated heterocycles. The zero-order valence-corrected chi connectivity index (χ0v) is 12.3. The number of carboxylic acid groups (broad SMARTS) is 1. The van der Waals surface area contributed by atoms with Gasteiger partial charge in [0, 0.05) is 5.56 Å². The van der Waals surface area contributed by atoms with Crippen LogP contribution in [-0.2, 0) is 6.42 Å². The summed E-state index contributed by atoms with van der Waals surface area (Å²) in [5.41, 5.74) is 2.65. The summed E-state index contributed by atoms with van der Waals surface area (Å²) in [6.45, 7) is 4.58. The molecule has 110 valence electrons. The molecule has 2 rings (SSSR count). The first-order valence-electron chi connectivity index (χ1n) is 7.12. The molecule has 0 bridgehead atoms. The highest BCUT2D eigenvalue weighted by Gasteiger charge is 2.12. The van der Waals surface area contributed by atoms with Crippen molar-refractivity contribution in [3.05, 3.63) is 47.7 Å². The quantitative estimate of drug-likeness (QED) is 0.877. The summed E-state index contributed by atoms with van der Waals surface area (Å²) in [5, 5.41) is 9.19. The summed E-state index contributed by atoms with van der Waals surface area (Å²) in [7, 11) is 0. The zero-order chi connectivity index (χ0) is 15.2. The minimum Gasteiger partial charge on any atom is -0.494 e. The van der Waals surface area contributed by atoms with Gasteiger partial charge < -0.3 is 9.84 Å². The molecule has 1 N–H and O–H groups in total. The Kier molecular flexibility index (Phi) is 4.93. The highest BCUT2D eigenvalue weighted by Crippen LogP contribution is 2.23. The SMILES string of the molecule is CCCc1nc(-c2ccc(OCC)cc2)ccc1C(=O)O. The smallest absolute Gasteiger partial charge is 0.337 e. The van der Waals surface area contributed by atoms with Crippen LogP contribution in [0.3, 0.4) is 0 Å². The van der Waals surface area contributed by atoms with Gasteiger partial charge in [0.1, 0.15) is 5.75 Å². The van der Waals surface area contributed by atoms with Crippen molar-refractivity contribution in [3.8, 4) is 17.0 Å². The van der Waals surface area contributed by atoms with Crippen molar-refractivity contribution in [2.45, 2.75) is 26.7 Å². The minimum absolute atomic E-state index is 0.284. The van der Waals surface area contributed by atoms with E-state index in [9.17, 15) is 9.90 Å². The van der Waals surface area contributed by atoms with Crippen molar-refractivity contribution in [2.75, 3.05) is 6.61 Å². The highest BCUT2D eigenvalue weighted by molar-refractivity contribution is 5.89. The number of aromatic nitrogens is 1. The number of nitrogens with zero attached hydrogens (tertiary/aromatic N) is 1. The second-order valence-electron chi connectivity index (χ2n) is 4.70. The third-order valence-corrected chi connectivity index (χ3v) is 3.15. The normalized spacial score (nSPS) is 10.4. The van der Waals surface area contributed by atoms with E-state index in [0.29, 0.717) is 18.7 Å². The first-order valence-corrected chi connectivity index (χ1v) is 7.12. The Bertz CT molecular complexity index is 620. The number of hydrogen-bond donors (Lipinski definition) is 1. The molecular weight excluding hydrogens is 266 g/mol. The van der Waals surface area contributed by atoms with Crippen LogP contribution in [0.2, 0.25) is 0 Å². The molecular formula is C17H19NO3. The number of carboxylic acids is 1. The van der Waals surface area contributed by atoms with Crippen molar-refractivity contribution in [1.82, 2.24) is 4.98 Å². The number of carbonyl (C=O) groups is 1. The maximum absolute atomic E-state index is 11.2. The van der Waals surface area contributed by atoms with E-state index in [1.165, 1.54) is 0 Å². The van der Waals surface area contributed by atoms with E-state index in [2.05, 4.69) is 4.98 Å². The van der Waals surface area contributed by atoms with E-state index in [-0.39, 0.29) is 5.56 Å².